The molecular formula is C31H26NO6PS. The Morgan fingerprint density at radius 2 is 1.35 bits per heavy atom. The number of sulfonamides is 1. The molecule has 9 heteroatoms. The maximum atomic E-state index is 15.3. The number of hydrogen-bond acceptors (Lipinski definition) is 6. The molecule has 0 fully saturated rings. The molecule has 202 valence electrons. The number of aryl methyl sites for hydroxylation is 1. The first kappa shape index (κ1) is 27.3. The molecule has 0 aliphatic rings. The molecule has 0 unspecified atom stereocenters. The van der Waals surface area contributed by atoms with Crippen LogP contribution in [0.25, 0.3) is 0 Å². The lowest BCUT2D eigenvalue weighted by molar-refractivity contribution is 0.0701. The molecule has 1 heterocycles. The van der Waals surface area contributed by atoms with Crippen LogP contribution in [0.3, 0.4) is 0 Å². The number of furan rings is 1. The summed E-state index contributed by atoms with van der Waals surface area (Å²) < 4.78 is 55.8. The maximum absolute atomic E-state index is 15.3. The zero-order chi connectivity index (χ0) is 28.2. The van der Waals surface area contributed by atoms with Gasteiger partial charge in [-0.3, -0.25) is 0 Å². The molecule has 0 saturated carbocycles. The van der Waals surface area contributed by atoms with Gasteiger partial charge in [-0.25, -0.2) is 13.2 Å². The second kappa shape index (κ2) is 11.5. The number of esters is 1. The molecule has 4 aromatic carbocycles. The van der Waals surface area contributed by atoms with Crippen LogP contribution in [0.1, 0.15) is 27.5 Å². The normalized spacial score (nSPS) is 12.5. The maximum Gasteiger partial charge on any atom is 0.379 e. The number of ether oxygens (including phenoxy) is 1. The lowest BCUT2D eigenvalue weighted by Crippen LogP contribution is -2.34. The summed E-state index contributed by atoms with van der Waals surface area (Å²) in [6, 6.07) is 33.4. The van der Waals surface area contributed by atoms with Crippen molar-refractivity contribution < 1.29 is 26.9 Å². The van der Waals surface area contributed by atoms with Gasteiger partial charge in [0, 0.05) is 10.6 Å². The van der Waals surface area contributed by atoms with Crippen molar-refractivity contribution >= 4 is 33.7 Å². The van der Waals surface area contributed by atoms with Gasteiger partial charge in [0.2, 0.25) is 15.8 Å². The minimum Gasteiger partial charge on any atom is -0.457 e. The number of rotatable bonds is 9. The highest BCUT2D eigenvalue weighted by Crippen LogP contribution is 2.56. The number of carbonyl (C=O) groups excluding carboxylic acids is 1. The molecule has 0 aliphatic heterocycles. The average Bonchev–Trinajstić information content (AvgIpc) is 3.53. The molecule has 1 N–H and O–H groups in total. The average molecular weight is 572 g/mol. The van der Waals surface area contributed by atoms with E-state index in [0.29, 0.717) is 16.2 Å². The predicted molar refractivity (Wildman–Crippen MR) is 154 cm³/mol. The van der Waals surface area contributed by atoms with Crippen LogP contribution in [0, 0.1) is 6.92 Å². The van der Waals surface area contributed by atoms with Gasteiger partial charge in [-0.2, -0.15) is 4.72 Å². The summed E-state index contributed by atoms with van der Waals surface area (Å²) in [5.41, 5.74) is 1.35. The smallest absolute Gasteiger partial charge is 0.379 e. The van der Waals surface area contributed by atoms with Gasteiger partial charge >= 0.3 is 5.97 Å². The van der Waals surface area contributed by atoms with Crippen molar-refractivity contribution in [2.24, 2.45) is 0 Å². The van der Waals surface area contributed by atoms with Crippen molar-refractivity contribution in [3.63, 3.8) is 0 Å². The number of carbonyl (C=O) groups is 1. The van der Waals surface area contributed by atoms with E-state index >= 15 is 4.57 Å². The quantitative estimate of drug-likeness (QED) is 0.136. The molecule has 40 heavy (non-hydrogen) atoms. The molecule has 0 amide bonds. The van der Waals surface area contributed by atoms with Gasteiger partial charge in [-0.05, 0) is 48.9 Å². The van der Waals surface area contributed by atoms with Crippen LogP contribution < -0.4 is 20.1 Å². The Kier molecular flexibility index (Phi) is 7.85. The molecule has 0 saturated heterocycles. The fourth-order valence-electron chi connectivity index (χ4n) is 4.30. The van der Waals surface area contributed by atoms with E-state index in [0.717, 1.165) is 5.56 Å². The van der Waals surface area contributed by atoms with Crippen molar-refractivity contribution in [2.75, 3.05) is 0 Å². The minimum atomic E-state index is -4.10. The lowest BCUT2D eigenvalue weighted by Gasteiger charge is -2.30. The molecule has 1 atom stereocenters. The number of benzene rings is 4. The molecule has 5 aromatic rings. The van der Waals surface area contributed by atoms with Crippen molar-refractivity contribution in [1.29, 1.82) is 0 Å². The Morgan fingerprint density at radius 3 is 1.88 bits per heavy atom. The Labute approximate surface area is 232 Å². The first-order valence-corrected chi connectivity index (χ1v) is 15.7. The highest BCUT2D eigenvalue weighted by atomic mass is 32.2. The molecular weight excluding hydrogens is 545 g/mol. The highest BCUT2D eigenvalue weighted by molar-refractivity contribution is 7.90. The van der Waals surface area contributed by atoms with E-state index in [2.05, 4.69) is 4.72 Å². The van der Waals surface area contributed by atoms with E-state index in [9.17, 15) is 13.2 Å². The minimum absolute atomic E-state index is 0.0467. The van der Waals surface area contributed by atoms with E-state index in [1.54, 1.807) is 78.9 Å². The van der Waals surface area contributed by atoms with Gasteiger partial charge in [0.1, 0.15) is 11.5 Å². The Balaban J connectivity index is 1.61. The lowest BCUT2D eigenvalue weighted by atomic mass is 10.2. The van der Waals surface area contributed by atoms with Crippen LogP contribution >= 0.6 is 7.14 Å². The third kappa shape index (κ3) is 5.70. The van der Waals surface area contributed by atoms with Gasteiger partial charge in [-0.1, -0.05) is 90.5 Å². The first-order valence-electron chi connectivity index (χ1n) is 12.4. The highest BCUT2D eigenvalue weighted by Gasteiger charge is 2.40. The molecule has 7 nitrogen and oxygen atoms in total. The van der Waals surface area contributed by atoms with Crippen LogP contribution in [0.15, 0.2) is 137 Å². The predicted octanol–water partition coefficient (Wildman–Crippen LogP) is 5.80. The van der Waals surface area contributed by atoms with Crippen LogP contribution in [-0.2, 0) is 14.6 Å². The fraction of sp³-hybridized carbons (Fsp3) is 0.0645. The summed E-state index contributed by atoms with van der Waals surface area (Å²) in [6.07, 6.45) is 1.37. The SMILES string of the molecule is Cc1ccc(S(=O)(=O)N[C@H](c2ccc(OC(=O)c3ccco3)cc2)P(=O)(c2ccccc2)c2ccccc2)cc1. The Morgan fingerprint density at radius 1 is 0.775 bits per heavy atom. The third-order valence-corrected chi connectivity index (χ3v) is 11.3. The van der Waals surface area contributed by atoms with Crippen molar-refractivity contribution in [1.82, 2.24) is 4.72 Å². The van der Waals surface area contributed by atoms with E-state index < -0.39 is 28.9 Å². The summed E-state index contributed by atoms with van der Waals surface area (Å²) in [6.45, 7) is 1.87. The molecule has 0 bridgehead atoms. The number of hydrogen-bond donors (Lipinski definition) is 1. The summed E-state index contributed by atoms with van der Waals surface area (Å²) in [7, 11) is -7.78. The topological polar surface area (TPSA) is 103 Å². The molecule has 0 spiro atoms. The zero-order valence-electron chi connectivity index (χ0n) is 21.5. The summed E-state index contributed by atoms with van der Waals surface area (Å²) in [5, 5.41) is 0.984. The third-order valence-electron chi connectivity index (χ3n) is 6.37. The molecule has 1 aromatic heterocycles. The first-order chi connectivity index (χ1) is 19.3. The van der Waals surface area contributed by atoms with Crippen LogP contribution in [0.4, 0.5) is 0 Å². The Bertz CT molecular complexity index is 1690. The molecule has 5 rings (SSSR count). The van der Waals surface area contributed by atoms with Crippen LogP contribution in [-0.4, -0.2) is 14.4 Å². The van der Waals surface area contributed by atoms with Crippen molar-refractivity contribution in [2.45, 2.75) is 17.6 Å². The van der Waals surface area contributed by atoms with Crippen LogP contribution in [0.2, 0.25) is 0 Å². The summed E-state index contributed by atoms with van der Waals surface area (Å²) in [5.74, 6) is -1.57. The Hall–Kier alpha value is -4.23. The second-order valence-electron chi connectivity index (χ2n) is 9.10. The zero-order valence-corrected chi connectivity index (χ0v) is 23.2. The summed E-state index contributed by atoms with van der Waals surface area (Å²) >= 11 is 0. The van der Waals surface area contributed by atoms with Crippen molar-refractivity contribution in [3.8, 4) is 5.75 Å². The number of nitrogens with one attached hydrogen (secondary N) is 1. The summed E-state index contributed by atoms with van der Waals surface area (Å²) in [4.78, 5) is 12.4. The van der Waals surface area contributed by atoms with Gasteiger partial charge in [0.05, 0.1) is 11.2 Å². The monoisotopic (exact) mass is 571 g/mol. The fourth-order valence-corrected chi connectivity index (χ4v) is 9.09. The second-order valence-corrected chi connectivity index (χ2v) is 13.7. The van der Waals surface area contributed by atoms with E-state index in [-0.39, 0.29) is 16.4 Å². The molecule has 0 radical (unpaired) electrons. The largest absolute Gasteiger partial charge is 0.457 e. The van der Waals surface area contributed by atoms with E-state index in [4.69, 9.17) is 9.15 Å². The molecule has 0 aliphatic carbocycles. The van der Waals surface area contributed by atoms with Crippen molar-refractivity contribution in [3.05, 3.63) is 144 Å². The van der Waals surface area contributed by atoms with Gasteiger partial charge < -0.3 is 13.7 Å². The van der Waals surface area contributed by atoms with E-state index in [1.165, 1.54) is 36.6 Å². The standard InChI is InChI=1S/C31H26NO6PS/c1-23-14-20-28(21-15-23)40(35,36)32-30(24-16-18-25(19-17-24)38-31(33)29-13-8-22-37-29)39(34,26-9-4-2-5-10-26)27-11-6-3-7-12-27/h2-22,30,32H,1H3/t30-/m0/s1. The van der Waals surface area contributed by atoms with Gasteiger partial charge in [0.15, 0.2) is 7.14 Å². The van der Waals surface area contributed by atoms with E-state index in [1.807, 2.05) is 19.1 Å². The van der Waals surface area contributed by atoms with Crippen LogP contribution in [0.5, 0.6) is 5.75 Å². The van der Waals surface area contributed by atoms with Gasteiger partial charge in [0.25, 0.3) is 0 Å². The van der Waals surface area contributed by atoms with Gasteiger partial charge in [-0.15, -0.1) is 0 Å².